The molecule has 3 aliphatic carbocycles. The summed E-state index contributed by atoms with van der Waals surface area (Å²) in [7, 11) is 6.25. The standard InChI is InChI=1S/C55H98N12O3/c1-50(2)38-62(44(68)53(7,8)59(50)13)32-25-33-65(41-26-19-16-20-27-41)47-56-48(66(42-28-21-17-22-29-42)36-34-63-39-51(3,4)60(14)54(9,10)45(63)69)58-49(57-47)67(43-30-23-18-24-31-43)37-35-64-40-52(5,6)61(15)55(11,12)46(64)70/h41-43H,16-40H2,1-15H3. The van der Waals surface area contributed by atoms with E-state index in [1.807, 2.05) is 0 Å². The smallest absolute Gasteiger partial charge is 0.242 e. The summed E-state index contributed by atoms with van der Waals surface area (Å²) in [6.45, 7) is 31.7. The van der Waals surface area contributed by atoms with Gasteiger partial charge in [-0.05, 0) is 149 Å². The van der Waals surface area contributed by atoms with Crippen LogP contribution in [0, 0.1) is 0 Å². The van der Waals surface area contributed by atoms with Crippen LogP contribution in [0.3, 0.4) is 0 Å². The SMILES string of the molecule is CN1C(C)(C)CN(CCCN(c2nc(N(CCN3CC(C)(C)N(C)C(C)(C)C3=O)C3CCCCC3)nc(N(CCN3CC(C)(C)N(C)C(C)(C)C3=O)C3CCCCC3)n2)C2CCCCC2)C(=O)C1(C)C. The van der Waals surface area contributed by atoms with Crippen molar-refractivity contribution in [3.8, 4) is 0 Å². The lowest BCUT2D eigenvalue weighted by Crippen LogP contribution is -2.70. The molecule has 6 aliphatic rings. The highest BCUT2D eigenvalue weighted by Gasteiger charge is 2.51. The van der Waals surface area contributed by atoms with Crippen molar-refractivity contribution < 1.29 is 14.4 Å². The Morgan fingerprint density at radius 1 is 0.400 bits per heavy atom. The predicted molar refractivity (Wildman–Crippen MR) is 285 cm³/mol. The average Bonchev–Trinajstić information content (AvgIpc) is 3.32. The third-order valence-corrected chi connectivity index (χ3v) is 18.9. The first kappa shape index (κ1) is 54.5. The molecule has 0 unspecified atom stereocenters. The molecule has 0 radical (unpaired) electrons. The molecule has 0 N–H and O–H groups in total. The van der Waals surface area contributed by atoms with Crippen LogP contribution < -0.4 is 14.7 Å². The van der Waals surface area contributed by atoms with E-state index in [0.29, 0.717) is 64.3 Å². The van der Waals surface area contributed by atoms with Gasteiger partial charge < -0.3 is 29.4 Å². The summed E-state index contributed by atoms with van der Waals surface area (Å²) in [5.74, 6) is 2.67. The maximum atomic E-state index is 14.3. The Kier molecular flexibility index (Phi) is 16.3. The molecule has 0 aromatic carbocycles. The summed E-state index contributed by atoms with van der Waals surface area (Å²) in [6, 6.07) is 0.766. The van der Waals surface area contributed by atoms with E-state index < -0.39 is 16.6 Å². The lowest BCUT2D eigenvalue weighted by atomic mass is 9.87. The van der Waals surface area contributed by atoms with E-state index in [1.54, 1.807) is 0 Å². The Labute approximate surface area is 424 Å². The molecule has 6 fully saturated rings. The van der Waals surface area contributed by atoms with E-state index >= 15 is 0 Å². The van der Waals surface area contributed by atoms with E-state index in [0.717, 1.165) is 83.1 Å². The second kappa shape index (κ2) is 20.9. The van der Waals surface area contributed by atoms with Crippen LogP contribution in [-0.2, 0) is 14.4 Å². The molecule has 3 saturated carbocycles. The van der Waals surface area contributed by atoms with Gasteiger partial charge in [-0.25, -0.2) is 0 Å². The second-order valence-corrected chi connectivity index (χ2v) is 26.0. The summed E-state index contributed by atoms with van der Waals surface area (Å²) in [4.78, 5) is 80.1. The Bertz CT molecular complexity index is 1890. The number of carbonyl (C=O) groups excluding carboxylic acids is 3. The molecule has 15 heteroatoms. The molecule has 15 nitrogen and oxygen atoms in total. The highest BCUT2D eigenvalue weighted by atomic mass is 16.2. The van der Waals surface area contributed by atoms with Crippen LogP contribution in [0.4, 0.5) is 17.8 Å². The lowest BCUT2D eigenvalue weighted by Gasteiger charge is -2.54. The summed E-state index contributed by atoms with van der Waals surface area (Å²) >= 11 is 0. The van der Waals surface area contributed by atoms with Crippen LogP contribution in [0.25, 0.3) is 0 Å². The number of aromatic nitrogens is 3. The topological polar surface area (TPSA) is 119 Å². The number of nitrogens with zero attached hydrogens (tertiary/aromatic N) is 12. The van der Waals surface area contributed by atoms with Gasteiger partial charge in [0.1, 0.15) is 0 Å². The molecule has 3 amide bonds. The van der Waals surface area contributed by atoms with Crippen molar-refractivity contribution >= 4 is 35.6 Å². The Morgan fingerprint density at radius 2 is 0.657 bits per heavy atom. The number of piperazine rings is 3. The predicted octanol–water partition coefficient (Wildman–Crippen LogP) is 7.67. The number of carbonyl (C=O) groups is 3. The third kappa shape index (κ3) is 11.1. The summed E-state index contributed by atoms with van der Waals surface area (Å²) in [6.07, 6.45) is 17.9. The van der Waals surface area contributed by atoms with Gasteiger partial charge in [0.2, 0.25) is 35.6 Å². The molecule has 0 bridgehead atoms. The maximum absolute atomic E-state index is 14.3. The van der Waals surface area contributed by atoms with Gasteiger partial charge in [-0.2, -0.15) is 15.0 Å². The van der Waals surface area contributed by atoms with Gasteiger partial charge in [-0.3, -0.25) is 29.1 Å². The minimum absolute atomic E-state index is 0.149. The fourth-order valence-electron chi connectivity index (χ4n) is 13.5. The van der Waals surface area contributed by atoms with Crippen LogP contribution in [-0.4, -0.2) is 193 Å². The fourth-order valence-corrected chi connectivity index (χ4v) is 13.5. The number of hydrogen-bond donors (Lipinski definition) is 0. The third-order valence-electron chi connectivity index (χ3n) is 18.9. The van der Waals surface area contributed by atoms with Crippen LogP contribution in [0.1, 0.15) is 186 Å². The molecular weight excluding hydrogens is 877 g/mol. The molecule has 0 atom stereocenters. The highest BCUT2D eigenvalue weighted by molar-refractivity contribution is 5.88. The van der Waals surface area contributed by atoms with E-state index in [-0.39, 0.29) is 52.5 Å². The van der Waals surface area contributed by atoms with Gasteiger partial charge in [-0.15, -0.1) is 0 Å². The van der Waals surface area contributed by atoms with Crippen molar-refractivity contribution in [3.05, 3.63) is 0 Å². The molecule has 3 saturated heterocycles. The summed E-state index contributed by atoms with van der Waals surface area (Å²) < 4.78 is 0. The van der Waals surface area contributed by atoms with Crippen molar-refractivity contribution in [2.45, 2.75) is 237 Å². The normalized spacial score (nSPS) is 25.9. The molecule has 0 spiro atoms. The highest BCUT2D eigenvalue weighted by Crippen LogP contribution is 2.37. The van der Waals surface area contributed by atoms with Crippen LogP contribution in [0.15, 0.2) is 0 Å². The first-order chi connectivity index (χ1) is 32.7. The first-order valence-corrected chi connectivity index (χ1v) is 27.9. The average molecular weight is 975 g/mol. The second-order valence-electron chi connectivity index (χ2n) is 26.0. The molecule has 3 aliphatic heterocycles. The van der Waals surface area contributed by atoms with Gasteiger partial charge in [0.15, 0.2) is 0 Å². The van der Waals surface area contributed by atoms with E-state index in [1.165, 1.54) is 32.1 Å². The van der Waals surface area contributed by atoms with E-state index in [4.69, 9.17) is 15.0 Å². The zero-order valence-corrected chi connectivity index (χ0v) is 47.0. The van der Waals surface area contributed by atoms with Gasteiger partial charge in [0.05, 0.1) is 16.6 Å². The maximum Gasteiger partial charge on any atom is 0.242 e. The number of likely N-dealkylation sites (N-methyl/N-ethyl adjacent to an activating group) is 3. The van der Waals surface area contributed by atoms with Crippen molar-refractivity contribution in [1.29, 1.82) is 0 Å². The van der Waals surface area contributed by atoms with Crippen molar-refractivity contribution in [2.24, 2.45) is 0 Å². The lowest BCUT2D eigenvalue weighted by molar-refractivity contribution is -0.157. The molecule has 396 valence electrons. The van der Waals surface area contributed by atoms with Crippen molar-refractivity contribution in [3.63, 3.8) is 0 Å². The van der Waals surface area contributed by atoms with Gasteiger partial charge in [-0.1, -0.05) is 57.8 Å². The fraction of sp³-hybridized carbons (Fsp3) is 0.891. The Morgan fingerprint density at radius 3 is 0.943 bits per heavy atom. The molecular formula is C55H98N12O3. The van der Waals surface area contributed by atoms with Crippen LogP contribution >= 0.6 is 0 Å². The summed E-state index contributed by atoms with van der Waals surface area (Å²) in [5.41, 5.74) is -2.35. The zero-order chi connectivity index (χ0) is 51.2. The summed E-state index contributed by atoms with van der Waals surface area (Å²) in [5, 5.41) is 0. The van der Waals surface area contributed by atoms with Crippen LogP contribution in [0.2, 0.25) is 0 Å². The van der Waals surface area contributed by atoms with Gasteiger partial charge in [0, 0.05) is 93.6 Å². The molecule has 1 aromatic heterocycles. The number of anilines is 3. The number of rotatable bonds is 16. The quantitative estimate of drug-likeness (QED) is 0.162. The first-order valence-electron chi connectivity index (χ1n) is 27.9. The van der Waals surface area contributed by atoms with E-state index in [9.17, 15) is 14.4 Å². The van der Waals surface area contributed by atoms with Crippen LogP contribution in [0.5, 0.6) is 0 Å². The minimum Gasteiger partial charge on any atom is -0.339 e. The largest absolute Gasteiger partial charge is 0.339 e. The zero-order valence-electron chi connectivity index (χ0n) is 47.0. The van der Waals surface area contributed by atoms with Crippen molar-refractivity contribution in [1.82, 2.24) is 44.4 Å². The minimum atomic E-state index is -0.623. The number of hydrogen-bond acceptors (Lipinski definition) is 12. The molecule has 7 rings (SSSR count). The van der Waals surface area contributed by atoms with Gasteiger partial charge >= 0.3 is 0 Å². The monoisotopic (exact) mass is 975 g/mol. The van der Waals surface area contributed by atoms with E-state index in [2.05, 4.69) is 148 Å². The Balaban J connectivity index is 1.30. The van der Waals surface area contributed by atoms with Gasteiger partial charge in [0.25, 0.3) is 0 Å². The molecule has 1 aromatic rings. The Hall–Kier alpha value is -3.30. The molecule has 4 heterocycles. The van der Waals surface area contributed by atoms with Crippen molar-refractivity contribution in [2.75, 3.05) is 94.7 Å². The number of amides is 3. The molecule has 70 heavy (non-hydrogen) atoms.